The van der Waals surface area contributed by atoms with E-state index in [1.54, 1.807) is 18.2 Å². The first-order chi connectivity index (χ1) is 26.0. The predicted molar refractivity (Wildman–Crippen MR) is 190 cm³/mol. The molecule has 2 fully saturated rings. The zero-order chi connectivity index (χ0) is 36.8. The molecule has 3 aromatic carbocycles. The maximum Gasteiger partial charge on any atom is 0.346 e. The van der Waals surface area contributed by atoms with Crippen LogP contribution < -0.4 is 5.32 Å². The molecule has 0 saturated carbocycles. The molecule has 53 heavy (non-hydrogen) atoms. The second kappa shape index (κ2) is 19.8. The predicted octanol–water partition coefficient (Wildman–Crippen LogP) is 3.69. The quantitative estimate of drug-likeness (QED) is 0.268. The van der Waals surface area contributed by atoms with E-state index in [1.165, 1.54) is 18.2 Å². The van der Waals surface area contributed by atoms with Crippen molar-refractivity contribution in [3.05, 3.63) is 100 Å². The molecule has 1 unspecified atom stereocenters. The van der Waals surface area contributed by atoms with Gasteiger partial charge in [0.1, 0.15) is 0 Å². The summed E-state index contributed by atoms with van der Waals surface area (Å²) in [6.07, 6.45) is -0.741. The first-order valence-corrected chi connectivity index (χ1v) is 17.9. The zero-order valence-corrected chi connectivity index (χ0v) is 29.6. The van der Waals surface area contributed by atoms with Gasteiger partial charge in [-0.2, -0.15) is 0 Å². The summed E-state index contributed by atoms with van der Waals surface area (Å²) in [4.78, 5) is 39.4. The number of nitrogens with one attached hydrogen (secondary N) is 1. The number of hydrogen-bond donors (Lipinski definition) is 2. The van der Waals surface area contributed by atoms with Crippen LogP contribution in [0.25, 0.3) is 0 Å². The number of fused-ring (bicyclic) bond motifs is 1. The minimum absolute atomic E-state index is 0.0565. The Morgan fingerprint density at radius 3 is 1.96 bits per heavy atom. The SMILES string of the molecule is O=C(Nc1cccc(C2O[C@H](CN3CCOCCOCCOCCOCCOCC3)C[C@H](c3ccc(CO)cc3)O2)c1)c1ccc2c(c1)C(=O)OC2=O. The van der Waals surface area contributed by atoms with E-state index in [0.29, 0.717) is 103 Å². The fourth-order valence-corrected chi connectivity index (χ4v) is 6.18. The number of carbonyl (C=O) groups excluding carboxylic acids is 3. The van der Waals surface area contributed by atoms with Gasteiger partial charge >= 0.3 is 11.9 Å². The highest BCUT2D eigenvalue weighted by Gasteiger charge is 2.34. The van der Waals surface area contributed by atoms with Crippen molar-refractivity contribution in [3.63, 3.8) is 0 Å². The molecule has 0 bridgehead atoms. The Hall–Kier alpha value is -4.09. The summed E-state index contributed by atoms with van der Waals surface area (Å²) in [7, 11) is 0. The molecule has 3 aliphatic heterocycles. The number of aliphatic hydroxyl groups excluding tert-OH is 1. The van der Waals surface area contributed by atoms with Gasteiger partial charge < -0.3 is 48.3 Å². The average molecular weight is 735 g/mol. The Kier molecular flexibility index (Phi) is 14.5. The van der Waals surface area contributed by atoms with Gasteiger partial charge in [0.05, 0.1) is 96.0 Å². The summed E-state index contributed by atoms with van der Waals surface area (Å²) in [5.41, 5.74) is 3.34. The number of hydrogen-bond acceptors (Lipinski definition) is 13. The Morgan fingerprint density at radius 2 is 1.32 bits per heavy atom. The molecular weight excluding hydrogens is 688 g/mol. The van der Waals surface area contributed by atoms with Crippen LogP contribution in [0.4, 0.5) is 5.69 Å². The Labute approximate surface area is 308 Å². The number of anilines is 1. The number of rotatable bonds is 7. The highest BCUT2D eigenvalue weighted by atomic mass is 16.7. The van der Waals surface area contributed by atoms with Gasteiger partial charge in [0.25, 0.3) is 5.91 Å². The van der Waals surface area contributed by atoms with Gasteiger partial charge in [0, 0.05) is 42.9 Å². The van der Waals surface area contributed by atoms with Gasteiger partial charge in [0.15, 0.2) is 6.29 Å². The van der Waals surface area contributed by atoms with Crippen LogP contribution in [0.5, 0.6) is 0 Å². The van der Waals surface area contributed by atoms with Crippen molar-refractivity contribution in [1.29, 1.82) is 0 Å². The molecule has 0 aromatic heterocycles. The Morgan fingerprint density at radius 1 is 0.698 bits per heavy atom. The van der Waals surface area contributed by atoms with Gasteiger partial charge in [-0.3, -0.25) is 9.69 Å². The molecule has 1 amide bonds. The van der Waals surface area contributed by atoms with Gasteiger partial charge in [-0.1, -0.05) is 36.4 Å². The standard InChI is InChI=1S/C39H46N2O12/c42-26-27-4-6-28(7-5-27)35-24-32(25-41-10-12-46-14-16-48-18-20-50-21-19-49-17-15-47-13-11-41)51-39(52-35)30-2-1-3-31(22-30)40-36(43)29-8-9-33-34(23-29)38(45)53-37(33)44/h1-9,22-23,32,35,39,42H,10-21,24-26H2,(H,40,43)/t32-,35+,39?/m0/s1. The Balaban J connectivity index is 1.15. The van der Waals surface area contributed by atoms with E-state index >= 15 is 0 Å². The highest BCUT2D eigenvalue weighted by Crippen LogP contribution is 2.39. The molecule has 3 aliphatic rings. The van der Waals surface area contributed by atoms with Crippen molar-refractivity contribution in [2.45, 2.75) is 31.5 Å². The second-order valence-electron chi connectivity index (χ2n) is 12.7. The number of carbonyl (C=O) groups is 3. The zero-order valence-electron chi connectivity index (χ0n) is 29.6. The molecule has 2 N–H and O–H groups in total. The molecule has 0 aliphatic carbocycles. The number of nitrogens with zero attached hydrogens (tertiary/aromatic N) is 1. The van der Waals surface area contributed by atoms with Gasteiger partial charge in [0.2, 0.25) is 0 Å². The normalized spacial score (nSPS) is 23.0. The van der Waals surface area contributed by atoms with Crippen LogP contribution in [0.1, 0.15) is 66.6 Å². The molecule has 3 heterocycles. The van der Waals surface area contributed by atoms with E-state index in [9.17, 15) is 19.5 Å². The van der Waals surface area contributed by atoms with Gasteiger partial charge in [-0.25, -0.2) is 9.59 Å². The molecular formula is C39H46N2O12. The summed E-state index contributed by atoms with van der Waals surface area (Å²) >= 11 is 0. The van der Waals surface area contributed by atoms with Crippen LogP contribution in [0.2, 0.25) is 0 Å². The molecule has 14 heteroatoms. The molecule has 2 saturated heterocycles. The molecule has 0 radical (unpaired) electrons. The minimum Gasteiger partial charge on any atom is -0.392 e. The maximum atomic E-state index is 13.2. The van der Waals surface area contributed by atoms with Crippen molar-refractivity contribution in [3.8, 4) is 0 Å². The lowest BCUT2D eigenvalue weighted by molar-refractivity contribution is -0.253. The van der Waals surface area contributed by atoms with Crippen LogP contribution in [0.15, 0.2) is 66.7 Å². The number of benzene rings is 3. The minimum atomic E-state index is -0.779. The smallest absolute Gasteiger partial charge is 0.346 e. The van der Waals surface area contributed by atoms with Crippen molar-refractivity contribution in [2.75, 3.05) is 91.0 Å². The topological polar surface area (TPSA) is 161 Å². The van der Waals surface area contributed by atoms with Crippen LogP contribution >= 0.6 is 0 Å². The van der Waals surface area contributed by atoms with Crippen molar-refractivity contribution in [2.24, 2.45) is 0 Å². The highest BCUT2D eigenvalue weighted by molar-refractivity contribution is 6.16. The number of aliphatic hydroxyl groups is 1. The molecule has 6 rings (SSSR count). The number of esters is 2. The molecule has 3 atom stereocenters. The lowest BCUT2D eigenvalue weighted by Gasteiger charge is -2.38. The average Bonchev–Trinajstić information content (AvgIpc) is 3.47. The van der Waals surface area contributed by atoms with Crippen molar-refractivity contribution >= 4 is 23.5 Å². The van der Waals surface area contributed by atoms with E-state index in [4.69, 9.17) is 33.2 Å². The molecule has 3 aromatic rings. The molecule has 0 spiro atoms. The van der Waals surface area contributed by atoms with Crippen LogP contribution in [0.3, 0.4) is 0 Å². The third-order valence-corrected chi connectivity index (χ3v) is 8.99. The van der Waals surface area contributed by atoms with Gasteiger partial charge in [-0.15, -0.1) is 0 Å². The van der Waals surface area contributed by atoms with Crippen LogP contribution in [-0.4, -0.2) is 120 Å². The summed E-state index contributed by atoms with van der Waals surface area (Å²) < 4.78 is 46.3. The first kappa shape index (κ1) is 38.6. The fraction of sp³-hybridized carbons (Fsp3) is 0.462. The van der Waals surface area contributed by atoms with E-state index in [2.05, 4.69) is 15.0 Å². The second-order valence-corrected chi connectivity index (χ2v) is 12.7. The third kappa shape index (κ3) is 11.2. The Bertz CT molecular complexity index is 1650. The fourth-order valence-electron chi connectivity index (χ4n) is 6.18. The van der Waals surface area contributed by atoms with E-state index in [0.717, 1.165) is 11.1 Å². The van der Waals surface area contributed by atoms with Gasteiger partial charge in [-0.05, 0) is 41.5 Å². The van der Waals surface area contributed by atoms with Crippen LogP contribution in [0, 0.1) is 0 Å². The summed E-state index contributed by atoms with van der Waals surface area (Å²) in [6.45, 7) is 6.75. The maximum absolute atomic E-state index is 13.2. The van der Waals surface area contributed by atoms with Crippen molar-refractivity contribution < 1.29 is 57.4 Å². The van der Waals surface area contributed by atoms with E-state index in [1.807, 2.05) is 30.3 Å². The summed E-state index contributed by atoms with van der Waals surface area (Å²) in [5.74, 6) is -1.97. The number of ether oxygens (including phenoxy) is 8. The monoisotopic (exact) mass is 734 g/mol. The summed E-state index contributed by atoms with van der Waals surface area (Å²) in [6, 6.07) is 19.1. The summed E-state index contributed by atoms with van der Waals surface area (Å²) in [5, 5.41) is 12.5. The largest absolute Gasteiger partial charge is 0.392 e. The third-order valence-electron chi connectivity index (χ3n) is 8.99. The number of cyclic esters (lactones) is 2. The van der Waals surface area contributed by atoms with Crippen molar-refractivity contribution in [1.82, 2.24) is 4.90 Å². The molecule has 284 valence electrons. The van der Waals surface area contributed by atoms with E-state index < -0.39 is 24.1 Å². The molecule has 14 nitrogen and oxygen atoms in total. The lowest BCUT2D eigenvalue weighted by atomic mass is 9.99. The first-order valence-electron chi connectivity index (χ1n) is 17.9. The lowest BCUT2D eigenvalue weighted by Crippen LogP contribution is -2.42. The van der Waals surface area contributed by atoms with Crippen LogP contribution in [-0.2, 0) is 44.5 Å². The number of amides is 1. The van der Waals surface area contributed by atoms with E-state index in [-0.39, 0.29) is 35.5 Å².